The molecule has 1 aromatic rings. The molecule has 0 spiro atoms. The molecule has 7 heteroatoms. The summed E-state index contributed by atoms with van der Waals surface area (Å²) < 4.78 is 10.8. The second-order valence-electron chi connectivity index (χ2n) is 4.71. The first-order valence-electron chi connectivity index (χ1n) is 6.58. The molecule has 1 aliphatic heterocycles. The van der Waals surface area contributed by atoms with Crippen molar-refractivity contribution in [3.05, 3.63) is 4.88 Å². The fourth-order valence-electron chi connectivity index (χ4n) is 2.42. The minimum Gasteiger partial charge on any atom is -0.492 e. The van der Waals surface area contributed by atoms with Crippen molar-refractivity contribution in [2.24, 2.45) is 0 Å². The highest BCUT2D eigenvalue weighted by Gasteiger charge is 2.28. The van der Waals surface area contributed by atoms with Gasteiger partial charge in [0.05, 0.1) is 13.2 Å². The molecule has 0 aliphatic carbocycles. The van der Waals surface area contributed by atoms with Crippen molar-refractivity contribution in [2.75, 3.05) is 45.0 Å². The molecule has 1 aromatic heterocycles. The number of nitrogen functional groups attached to an aromatic ring is 1. The first-order valence-corrected chi connectivity index (χ1v) is 7.40. The van der Waals surface area contributed by atoms with Crippen LogP contribution in [0.5, 0.6) is 5.75 Å². The third-order valence-corrected chi connectivity index (χ3v) is 4.76. The van der Waals surface area contributed by atoms with Gasteiger partial charge in [-0.1, -0.05) is 0 Å². The zero-order chi connectivity index (χ0) is 14.7. The Kier molecular flexibility index (Phi) is 4.72. The van der Waals surface area contributed by atoms with E-state index < -0.39 is 0 Å². The average Bonchev–Trinajstić information content (AvgIpc) is 2.83. The molecule has 112 valence electrons. The number of ether oxygens (including phenoxy) is 2. The predicted molar refractivity (Wildman–Crippen MR) is 80.9 cm³/mol. The van der Waals surface area contributed by atoms with Gasteiger partial charge in [0.1, 0.15) is 15.6 Å². The molecule has 1 unspecified atom stereocenters. The largest absolute Gasteiger partial charge is 0.492 e. The van der Waals surface area contributed by atoms with Gasteiger partial charge in [0.2, 0.25) is 0 Å². The van der Waals surface area contributed by atoms with Gasteiger partial charge in [-0.3, -0.25) is 4.79 Å². The average molecular weight is 299 g/mol. The number of carbonyl (C=O) groups is 1. The fourth-order valence-corrected chi connectivity index (χ4v) is 3.59. The van der Waals surface area contributed by atoms with Gasteiger partial charge in [-0.05, 0) is 12.8 Å². The van der Waals surface area contributed by atoms with E-state index in [9.17, 15) is 4.79 Å². The van der Waals surface area contributed by atoms with Gasteiger partial charge >= 0.3 is 0 Å². The van der Waals surface area contributed by atoms with Crippen LogP contribution in [0.3, 0.4) is 0 Å². The number of carbonyl (C=O) groups excluding carboxylic acids is 1. The molecule has 3 N–H and O–H groups in total. The number of thiophene rings is 1. The number of amides is 1. The van der Waals surface area contributed by atoms with Crippen LogP contribution in [0.4, 0.5) is 10.7 Å². The predicted octanol–water partition coefficient (Wildman–Crippen LogP) is 1.31. The van der Waals surface area contributed by atoms with Crippen molar-refractivity contribution < 1.29 is 14.3 Å². The minimum absolute atomic E-state index is 0.183. The molecule has 20 heavy (non-hydrogen) atoms. The second kappa shape index (κ2) is 6.32. The smallest absolute Gasteiger partial charge is 0.263 e. The maximum Gasteiger partial charge on any atom is 0.263 e. The lowest BCUT2D eigenvalue weighted by molar-refractivity contribution is 0.0894. The fraction of sp³-hybridized carbons (Fsp3) is 0.615. The molecule has 1 fully saturated rings. The van der Waals surface area contributed by atoms with Crippen LogP contribution in [-0.4, -0.2) is 46.4 Å². The van der Waals surface area contributed by atoms with E-state index in [0.717, 1.165) is 30.9 Å². The zero-order valence-corrected chi connectivity index (χ0v) is 12.9. The van der Waals surface area contributed by atoms with E-state index in [1.165, 1.54) is 11.3 Å². The van der Waals surface area contributed by atoms with Crippen molar-refractivity contribution in [3.8, 4) is 5.75 Å². The number of nitrogens with zero attached hydrogens (tertiary/aromatic N) is 1. The van der Waals surface area contributed by atoms with Gasteiger partial charge in [0.15, 0.2) is 5.75 Å². The molecule has 2 heterocycles. The van der Waals surface area contributed by atoms with Crippen LogP contribution in [0, 0.1) is 0 Å². The number of hydrogen-bond acceptors (Lipinski definition) is 6. The molecular formula is C13H21N3O3S. The summed E-state index contributed by atoms with van der Waals surface area (Å²) in [6, 6.07) is 0. The Bertz CT molecular complexity index is 489. The topological polar surface area (TPSA) is 76.8 Å². The van der Waals surface area contributed by atoms with Crippen LogP contribution in [0.2, 0.25) is 0 Å². The maximum absolute atomic E-state index is 11.8. The molecule has 1 atom stereocenters. The molecule has 1 amide bonds. The summed E-state index contributed by atoms with van der Waals surface area (Å²) in [6.07, 6.45) is 2.31. The molecule has 6 nitrogen and oxygen atoms in total. The first-order chi connectivity index (χ1) is 9.62. The van der Waals surface area contributed by atoms with E-state index in [2.05, 4.69) is 10.2 Å². The molecule has 1 aliphatic rings. The summed E-state index contributed by atoms with van der Waals surface area (Å²) >= 11 is 1.37. The Morgan fingerprint density at radius 2 is 2.25 bits per heavy atom. The van der Waals surface area contributed by atoms with Crippen molar-refractivity contribution in [3.63, 3.8) is 0 Å². The van der Waals surface area contributed by atoms with Crippen molar-refractivity contribution in [1.29, 1.82) is 0 Å². The maximum atomic E-state index is 11.8. The Labute approximate surface area is 122 Å². The van der Waals surface area contributed by atoms with Crippen molar-refractivity contribution >= 4 is 27.9 Å². The highest BCUT2D eigenvalue weighted by molar-refractivity contribution is 7.19. The Balaban J connectivity index is 2.33. The molecule has 0 aromatic carbocycles. The SMILES string of the molecule is CNC(=O)c1sc(N2CCCC(OC)C2)c(OC)c1N. The third-order valence-electron chi connectivity index (χ3n) is 3.52. The summed E-state index contributed by atoms with van der Waals surface area (Å²) in [5.74, 6) is 0.405. The zero-order valence-electron chi connectivity index (χ0n) is 12.1. The van der Waals surface area contributed by atoms with Crippen molar-refractivity contribution in [2.45, 2.75) is 18.9 Å². The summed E-state index contributed by atoms with van der Waals surface area (Å²) in [5.41, 5.74) is 6.44. The molecule has 1 saturated heterocycles. The van der Waals surface area contributed by atoms with Gasteiger partial charge in [-0.25, -0.2) is 0 Å². The number of nitrogens with two attached hydrogens (primary N) is 1. The number of rotatable bonds is 4. The van der Waals surface area contributed by atoms with Gasteiger partial charge < -0.3 is 25.4 Å². The van der Waals surface area contributed by atoms with Crippen LogP contribution in [0.25, 0.3) is 0 Å². The van der Waals surface area contributed by atoms with E-state index in [1.54, 1.807) is 21.3 Å². The molecule has 2 rings (SSSR count). The van der Waals surface area contributed by atoms with Gasteiger partial charge in [0, 0.05) is 27.2 Å². The van der Waals surface area contributed by atoms with Gasteiger partial charge in [-0.15, -0.1) is 11.3 Å². The van der Waals surface area contributed by atoms with Crippen LogP contribution in [-0.2, 0) is 4.74 Å². The quantitative estimate of drug-likeness (QED) is 0.876. The van der Waals surface area contributed by atoms with Gasteiger partial charge in [0.25, 0.3) is 5.91 Å². The number of methoxy groups -OCH3 is 2. The number of piperidine rings is 1. The summed E-state index contributed by atoms with van der Waals surface area (Å²) in [4.78, 5) is 14.5. The normalized spacial score (nSPS) is 18.9. The summed E-state index contributed by atoms with van der Waals surface area (Å²) in [6.45, 7) is 1.71. The van der Waals surface area contributed by atoms with Crippen LogP contribution in [0.1, 0.15) is 22.5 Å². The Morgan fingerprint density at radius 1 is 1.50 bits per heavy atom. The lowest BCUT2D eigenvalue weighted by Crippen LogP contribution is -2.38. The van der Waals surface area contributed by atoms with E-state index in [-0.39, 0.29) is 12.0 Å². The van der Waals surface area contributed by atoms with Crippen LogP contribution >= 0.6 is 11.3 Å². The number of anilines is 2. The van der Waals surface area contributed by atoms with E-state index in [0.29, 0.717) is 16.3 Å². The number of nitrogens with one attached hydrogen (secondary N) is 1. The standard InChI is InChI=1S/C13H21N3O3S/c1-15-12(17)11-9(14)10(19-3)13(20-11)16-6-4-5-8(7-16)18-2/h8H,4-7,14H2,1-3H3,(H,15,17). The lowest BCUT2D eigenvalue weighted by atomic mass is 10.1. The van der Waals surface area contributed by atoms with Crippen LogP contribution in [0.15, 0.2) is 0 Å². The third kappa shape index (κ3) is 2.69. The summed E-state index contributed by atoms with van der Waals surface area (Å²) in [5, 5.41) is 3.51. The van der Waals surface area contributed by atoms with Crippen LogP contribution < -0.4 is 20.7 Å². The monoisotopic (exact) mass is 299 g/mol. The summed E-state index contributed by atoms with van der Waals surface area (Å²) in [7, 11) is 4.90. The molecule has 0 bridgehead atoms. The first kappa shape index (κ1) is 14.9. The lowest BCUT2D eigenvalue weighted by Gasteiger charge is -2.32. The van der Waals surface area contributed by atoms with Crippen molar-refractivity contribution in [1.82, 2.24) is 5.32 Å². The molecule has 0 saturated carbocycles. The minimum atomic E-state index is -0.183. The highest BCUT2D eigenvalue weighted by atomic mass is 32.1. The van der Waals surface area contributed by atoms with E-state index in [1.807, 2.05) is 0 Å². The molecule has 0 radical (unpaired) electrons. The Morgan fingerprint density at radius 3 is 2.85 bits per heavy atom. The highest BCUT2D eigenvalue weighted by Crippen LogP contribution is 2.45. The Hall–Kier alpha value is -1.47. The molecular weight excluding hydrogens is 278 g/mol. The van der Waals surface area contributed by atoms with E-state index >= 15 is 0 Å². The van der Waals surface area contributed by atoms with Gasteiger partial charge in [-0.2, -0.15) is 0 Å². The van der Waals surface area contributed by atoms with E-state index in [4.69, 9.17) is 15.2 Å². The number of hydrogen-bond donors (Lipinski definition) is 2. The second-order valence-corrected chi connectivity index (χ2v) is 5.71.